The van der Waals surface area contributed by atoms with Crippen LogP contribution in [0.25, 0.3) is 0 Å². The number of benzene rings is 1. The molecule has 0 aliphatic heterocycles. The van der Waals surface area contributed by atoms with E-state index in [1.807, 2.05) is 12.1 Å². The Hall–Kier alpha value is -1.02. The Balaban J connectivity index is 2.21. The number of nitrogens with two attached hydrogens (primary N) is 1. The molecule has 2 N–H and O–H groups in total. The summed E-state index contributed by atoms with van der Waals surface area (Å²) < 4.78 is 0. The third-order valence-electron chi connectivity index (χ3n) is 2.90. The zero-order valence-electron chi connectivity index (χ0n) is 8.90. The first-order valence-electron chi connectivity index (χ1n) is 5.20. The predicted octanol–water partition coefficient (Wildman–Crippen LogP) is 2.28. The van der Waals surface area contributed by atoms with Crippen LogP contribution < -0.4 is 5.73 Å². The highest BCUT2D eigenvalue weighted by molar-refractivity contribution is 5.40. The lowest BCUT2D eigenvalue weighted by molar-refractivity contribution is 0.269. The molecule has 1 fully saturated rings. The molecule has 1 saturated carbocycles. The van der Waals surface area contributed by atoms with Crippen LogP contribution in [0.2, 0.25) is 0 Å². The third kappa shape index (κ3) is 1.90. The molecule has 0 bridgehead atoms. The van der Waals surface area contributed by atoms with Crippen molar-refractivity contribution in [1.29, 1.82) is 0 Å². The van der Waals surface area contributed by atoms with Gasteiger partial charge in [-0.25, -0.2) is 0 Å². The summed E-state index contributed by atoms with van der Waals surface area (Å²) >= 11 is 0. The second-order valence-electron chi connectivity index (χ2n) is 4.41. The molecular formula is C12H18N2. The van der Waals surface area contributed by atoms with E-state index in [-0.39, 0.29) is 0 Å². The molecule has 2 nitrogen and oxygen atoms in total. The predicted molar refractivity (Wildman–Crippen MR) is 60.0 cm³/mol. The van der Waals surface area contributed by atoms with Crippen molar-refractivity contribution in [3.8, 4) is 0 Å². The molecule has 1 atom stereocenters. The first kappa shape index (κ1) is 9.53. The number of rotatable bonds is 3. The van der Waals surface area contributed by atoms with Gasteiger partial charge in [-0.15, -0.1) is 0 Å². The molecule has 1 aromatic carbocycles. The lowest BCUT2D eigenvalue weighted by Gasteiger charge is -2.24. The second kappa shape index (κ2) is 3.62. The Bertz CT molecular complexity index is 297. The van der Waals surface area contributed by atoms with Gasteiger partial charge < -0.3 is 10.6 Å². The van der Waals surface area contributed by atoms with Crippen molar-refractivity contribution in [2.75, 3.05) is 19.8 Å². The lowest BCUT2D eigenvalue weighted by atomic mass is 10.0. The van der Waals surface area contributed by atoms with E-state index in [4.69, 9.17) is 5.73 Å². The van der Waals surface area contributed by atoms with E-state index in [1.165, 1.54) is 18.4 Å². The van der Waals surface area contributed by atoms with E-state index in [0.29, 0.717) is 6.04 Å². The maximum absolute atomic E-state index is 5.68. The minimum Gasteiger partial charge on any atom is -0.399 e. The van der Waals surface area contributed by atoms with Crippen LogP contribution >= 0.6 is 0 Å². The zero-order chi connectivity index (χ0) is 10.1. The first-order valence-corrected chi connectivity index (χ1v) is 5.20. The van der Waals surface area contributed by atoms with Crippen LogP contribution in [0.5, 0.6) is 0 Å². The van der Waals surface area contributed by atoms with Crippen molar-refractivity contribution in [3.63, 3.8) is 0 Å². The summed E-state index contributed by atoms with van der Waals surface area (Å²) in [6, 6.07) is 8.87. The standard InChI is InChI=1S/C12H18N2/c1-14(2)12(9-3-4-9)10-5-7-11(13)8-6-10/h5-9,12H,3-4,13H2,1-2H3. The van der Waals surface area contributed by atoms with Crippen molar-refractivity contribution < 1.29 is 0 Å². The van der Waals surface area contributed by atoms with Gasteiger partial charge in [-0.2, -0.15) is 0 Å². The van der Waals surface area contributed by atoms with Gasteiger partial charge in [-0.1, -0.05) is 12.1 Å². The molecule has 1 aliphatic rings. The van der Waals surface area contributed by atoms with Crippen molar-refractivity contribution in [2.24, 2.45) is 5.92 Å². The SMILES string of the molecule is CN(C)C(c1ccc(N)cc1)C1CC1. The van der Waals surface area contributed by atoms with Crippen LogP contribution in [0.3, 0.4) is 0 Å². The number of nitrogen functional groups attached to an aromatic ring is 1. The van der Waals surface area contributed by atoms with Gasteiger partial charge in [0.05, 0.1) is 0 Å². The molecule has 2 rings (SSSR count). The number of nitrogens with zero attached hydrogens (tertiary/aromatic N) is 1. The van der Waals surface area contributed by atoms with Crippen LogP contribution in [-0.2, 0) is 0 Å². The summed E-state index contributed by atoms with van der Waals surface area (Å²) in [5, 5.41) is 0. The van der Waals surface area contributed by atoms with Crippen molar-refractivity contribution in [2.45, 2.75) is 18.9 Å². The minimum atomic E-state index is 0.579. The van der Waals surface area contributed by atoms with Crippen LogP contribution in [0.15, 0.2) is 24.3 Å². The van der Waals surface area contributed by atoms with Gasteiger partial charge in [-0.05, 0) is 50.6 Å². The fourth-order valence-corrected chi connectivity index (χ4v) is 2.10. The molecule has 76 valence electrons. The normalized spacial score (nSPS) is 18.5. The molecule has 1 aromatic rings. The lowest BCUT2D eigenvalue weighted by Crippen LogP contribution is -2.21. The average molecular weight is 190 g/mol. The van der Waals surface area contributed by atoms with Gasteiger partial charge in [0.1, 0.15) is 0 Å². The molecule has 0 saturated heterocycles. The Morgan fingerprint density at radius 3 is 2.21 bits per heavy atom. The fraction of sp³-hybridized carbons (Fsp3) is 0.500. The van der Waals surface area contributed by atoms with Crippen LogP contribution in [-0.4, -0.2) is 19.0 Å². The summed E-state index contributed by atoms with van der Waals surface area (Å²) in [5.41, 5.74) is 7.93. The highest BCUT2D eigenvalue weighted by Crippen LogP contribution is 2.43. The van der Waals surface area contributed by atoms with Gasteiger partial charge in [0, 0.05) is 11.7 Å². The monoisotopic (exact) mass is 190 g/mol. The second-order valence-corrected chi connectivity index (χ2v) is 4.41. The highest BCUT2D eigenvalue weighted by atomic mass is 15.1. The van der Waals surface area contributed by atoms with Crippen LogP contribution in [0.1, 0.15) is 24.4 Å². The van der Waals surface area contributed by atoms with Gasteiger partial charge in [0.15, 0.2) is 0 Å². The van der Waals surface area contributed by atoms with Gasteiger partial charge in [0.25, 0.3) is 0 Å². The zero-order valence-corrected chi connectivity index (χ0v) is 8.90. The number of hydrogen-bond acceptors (Lipinski definition) is 2. The summed E-state index contributed by atoms with van der Waals surface area (Å²) in [7, 11) is 4.30. The molecular weight excluding hydrogens is 172 g/mol. The van der Waals surface area contributed by atoms with Gasteiger partial charge in [-0.3, -0.25) is 0 Å². The van der Waals surface area contributed by atoms with E-state index < -0.39 is 0 Å². The first-order chi connectivity index (χ1) is 6.68. The third-order valence-corrected chi connectivity index (χ3v) is 2.90. The number of anilines is 1. The Morgan fingerprint density at radius 2 is 1.79 bits per heavy atom. The van der Waals surface area contributed by atoms with Crippen molar-refractivity contribution in [1.82, 2.24) is 4.90 Å². The maximum Gasteiger partial charge on any atom is 0.0370 e. The molecule has 0 radical (unpaired) electrons. The van der Waals surface area contributed by atoms with Crippen molar-refractivity contribution >= 4 is 5.69 Å². The molecule has 0 amide bonds. The van der Waals surface area contributed by atoms with E-state index in [9.17, 15) is 0 Å². The number of hydrogen-bond donors (Lipinski definition) is 1. The van der Waals surface area contributed by atoms with E-state index >= 15 is 0 Å². The minimum absolute atomic E-state index is 0.579. The smallest absolute Gasteiger partial charge is 0.0370 e. The molecule has 14 heavy (non-hydrogen) atoms. The van der Waals surface area contributed by atoms with Gasteiger partial charge in [0.2, 0.25) is 0 Å². The van der Waals surface area contributed by atoms with Crippen molar-refractivity contribution in [3.05, 3.63) is 29.8 Å². The summed E-state index contributed by atoms with van der Waals surface area (Å²) in [5.74, 6) is 0.855. The Labute approximate surface area is 85.7 Å². The highest BCUT2D eigenvalue weighted by Gasteiger charge is 2.33. The fourth-order valence-electron chi connectivity index (χ4n) is 2.10. The van der Waals surface area contributed by atoms with Gasteiger partial charge >= 0.3 is 0 Å². The Morgan fingerprint density at radius 1 is 1.21 bits per heavy atom. The van der Waals surface area contributed by atoms with E-state index in [2.05, 4.69) is 31.1 Å². The van der Waals surface area contributed by atoms with E-state index in [0.717, 1.165) is 11.6 Å². The van der Waals surface area contributed by atoms with Crippen LogP contribution in [0.4, 0.5) is 5.69 Å². The van der Waals surface area contributed by atoms with Crippen LogP contribution in [0, 0.1) is 5.92 Å². The Kier molecular flexibility index (Phi) is 2.46. The molecule has 1 aliphatic carbocycles. The summed E-state index contributed by atoms with van der Waals surface area (Å²) in [6.07, 6.45) is 2.74. The molecule has 2 heteroatoms. The molecule has 1 unspecified atom stereocenters. The quantitative estimate of drug-likeness (QED) is 0.741. The maximum atomic E-state index is 5.68. The largest absolute Gasteiger partial charge is 0.399 e. The van der Waals surface area contributed by atoms with E-state index in [1.54, 1.807) is 0 Å². The molecule has 0 spiro atoms. The molecule has 0 heterocycles. The summed E-state index contributed by atoms with van der Waals surface area (Å²) in [6.45, 7) is 0. The summed E-state index contributed by atoms with van der Waals surface area (Å²) in [4.78, 5) is 2.31. The average Bonchev–Trinajstić information content (AvgIpc) is 2.92. The molecule has 0 aromatic heterocycles. The topological polar surface area (TPSA) is 29.3 Å².